The molecule has 0 bridgehead atoms. The van der Waals surface area contributed by atoms with Crippen LogP contribution in [0.5, 0.6) is 0 Å². The SMILES string of the molecule is COC(=O)[C@]1(O)CCC[C@H](O)C1. The topological polar surface area (TPSA) is 66.8 Å². The summed E-state index contributed by atoms with van der Waals surface area (Å²) in [6, 6.07) is 0. The molecule has 0 unspecified atom stereocenters. The molecule has 1 aliphatic carbocycles. The Morgan fingerprint density at radius 1 is 1.67 bits per heavy atom. The molecule has 0 aromatic rings. The van der Waals surface area contributed by atoms with Crippen LogP contribution >= 0.6 is 0 Å². The third-order valence-corrected chi connectivity index (χ3v) is 2.27. The van der Waals surface area contributed by atoms with Crippen molar-refractivity contribution in [2.75, 3.05) is 7.11 Å². The summed E-state index contributed by atoms with van der Waals surface area (Å²) in [5, 5.41) is 18.9. The molecule has 0 amide bonds. The molecule has 1 aliphatic rings. The molecule has 2 atom stereocenters. The first-order valence-electron chi connectivity index (χ1n) is 4.07. The molecular formula is C8H14O4. The van der Waals surface area contributed by atoms with E-state index in [9.17, 15) is 15.0 Å². The van der Waals surface area contributed by atoms with Gasteiger partial charge in [-0.1, -0.05) is 0 Å². The summed E-state index contributed by atoms with van der Waals surface area (Å²) in [5.74, 6) is -0.638. The Morgan fingerprint density at radius 2 is 2.33 bits per heavy atom. The number of hydrogen-bond acceptors (Lipinski definition) is 4. The van der Waals surface area contributed by atoms with Gasteiger partial charge in [0.15, 0.2) is 5.60 Å². The van der Waals surface area contributed by atoms with Crippen LogP contribution in [0.25, 0.3) is 0 Å². The molecule has 0 saturated heterocycles. The molecule has 0 radical (unpaired) electrons. The number of ether oxygens (including phenoxy) is 1. The van der Waals surface area contributed by atoms with Crippen molar-refractivity contribution < 1.29 is 19.7 Å². The van der Waals surface area contributed by atoms with Crippen molar-refractivity contribution in [1.29, 1.82) is 0 Å². The van der Waals surface area contributed by atoms with E-state index in [-0.39, 0.29) is 6.42 Å². The van der Waals surface area contributed by atoms with E-state index in [4.69, 9.17) is 0 Å². The summed E-state index contributed by atoms with van der Waals surface area (Å²) in [4.78, 5) is 11.1. The molecule has 0 heterocycles. The van der Waals surface area contributed by atoms with E-state index >= 15 is 0 Å². The summed E-state index contributed by atoms with van der Waals surface area (Å²) >= 11 is 0. The van der Waals surface area contributed by atoms with Gasteiger partial charge >= 0.3 is 5.97 Å². The molecule has 0 spiro atoms. The second-order valence-electron chi connectivity index (χ2n) is 3.27. The standard InChI is InChI=1S/C8H14O4/c1-12-7(10)8(11)4-2-3-6(9)5-8/h6,9,11H,2-5H2,1H3/t6-,8-/m0/s1. The maximum Gasteiger partial charge on any atom is 0.337 e. The predicted octanol–water partition coefficient (Wildman–Crippen LogP) is -0.175. The van der Waals surface area contributed by atoms with Gasteiger partial charge in [0, 0.05) is 6.42 Å². The van der Waals surface area contributed by atoms with Crippen molar-refractivity contribution in [3.8, 4) is 0 Å². The maximum absolute atomic E-state index is 11.1. The lowest BCUT2D eigenvalue weighted by atomic mass is 9.83. The van der Waals surface area contributed by atoms with Gasteiger partial charge in [-0.2, -0.15) is 0 Å². The van der Waals surface area contributed by atoms with Gasteiger partial charge in [0.05, 0.1) is 13.2 Å². The van der Waals surface area contributed by atoms with Crippen molar-refractivity contribution in [3.05, 3.63) is 0 Å². The van der Waals surface area contributed by atoms with Gasteiger partial charge < -0.3 is 14.9 Å². The Morgan fingerprint density at radius 3 is 2.83 bits per heavy atom. The molecule has 4 nitrogen and oxygen atoms in total. The molecule has 70 valence electrons. The zero-order valence-corrected chi connectivity index (χ0v) is 7.12. The summed E-state index contributed by atoms with van der Waals surface area (Å²) in [7, 11) is 1.24. The van der Waals surface area contributed by atoms with Gasteiger partial charge in [-0.15, -0.1) is 0 Å². The number of hydrogen-bond donors (Lipinski definition) is 2. The molecule has 12 heavy (non-hydrogen) atoms. The van der Waals surface area contributed by atoms with E-state index in [0.29, 0.717) is 19.3 Å². The minimum Gasteiger partial charge on any atom is -0.467 e. The summed E-state index contributed by atoms with van der Waals surface area (Å²) in [5.41, 5.74) is -1.45. The quantitative estimate of drug-likeness (QED) is 0.541. The number of esters is 1. The van der Waals surface area contributed by atoms with Crippen LogP contribution in [0.4, 0.5) is 0 Å². The van der Waals surface area contributed by atoms with E-state index in [1.807, 2.05) is 0 Å². The molecule has 1 rings (SSSR count). The van der Waals surface area contributed by atoms with Crippen LogP contribution in [0.3, 0.4) is 0 Å². The van der Waals surface area contributed by atoms with Crippen LogP contribution in [0.2, 0.25) is 0 Å². The largest absolute Gasteiger partial charge is 0.467 e. The normalized spacial score (nSPS) is 36.1. The number of carbonyl (C=O) groups is 1. The Bertz CT molecular complexity index is 180. The first-order chi connectivity index (χ1) is 5.58. The van der Waals surface area contributed by atoms with Crippen molar-refractivity contribution in [1.82, 2.24) is 0 Å². The predicted molar refractivity (Wildman–Crippen MR) is 41.4 cm³/mol. The highest BCUT2D eigenvalue weighted by atomic mass is 16.5. The molecular weight excluding hydrogens is 160 g/mol. The monoisotopic (exact) mass is 174 g/mol. The van der Waals surface area contributed by atoms with Crippen LogP contribution in [-0.4, -0.2) is 35.0 Å². The first kappa shape index (κ1) is 9.48. The van der Waals surface area contributed by atoms with E-state index in [2.05, 4.69) is 4.74 Å². The van der Waals surface area contributed by atoms with Crippen LogP contribution in [0, 0.1) is 0 Å². The van der Waals surface area contributed by atoms with Crippen molar-refractivity contribution in [2.45, 2.75) is 37.4 Å². The van der Waals surface area contributed by atoms with Gasteiger partial charge in [0.1, 0.15) is 0 Å². The Kier molecular flexibility index (Phi) is 2.69. The lowest BCUT2D eigenvalue weighted by molar-refractivity contribution is -0.169. The Balaban J connectivity index is 2.63. The van der Waals surface area contributed by atoms with Crippen molar-refractivity contribution in [2.24, 2.45) is 0 Å². The molecule has 0 aromatic heterocycles. The lowest BCUT2D eigenvalue weighted by Crippen LogP contribution is -2.45. The van der Waals surface area contributed by atoms with Gasteiger partial charge in [0.2, 0.25) is 0 Å². The van der Waals surface area contributed by atoms with Crippen molar-refractivity contribution in [3.63, 3.8) is 0 Å². The second-order valence-corrected chi connectivity index (χ2v) is 3.27. The van der Waals surface area contributed by atoms with Gasteiger partial charge in [-0.05, 0) is 19.3 Å². The Hall–Kier alpha value is -0.610. The van der Waals surface area contributed by atoms with Gasteiger partial charge in [-0.25, -0.2) is 4.79 Å². The fourth-order valence-electron chi connectivity index (χ4n) is 1.60. The first-order valence-corrected chi connectivity index (χ1v) is 4.07. The highest BCUT2D eigenvalue weighted by Crippen LogP contribution is 2.29. The third kappa shape index (κ3) is 1.76. The summed E-state index contributed by atoms with van der Waals surface area (Å²) in [6.45, 7) is 0. The molecule has 4 heteroatoms. The fraction of sp³-hybridized carbons (Fsp3) is 0.875. The smallest absolute Gasteiger partial charge is 0.337 e. The van der Waals surface area contributed by atoms with Gasteiger partial charge in [-0.3, -0.25) is 0 Å². The van der Waals surface area contributed by atoms with E-state index in [1.54, 1.807) is 0 Å². The second kappa shape index (κ2) is 3.41. The lowest BCUT2D eigenvalue weighted by Gasteiger charge is -2.31. The van der Waals surface area contributed by atoms with Crippen LogP contribution < -0.4 is 0 Å². The molecule has 2 N–H and O–H groups in total. The Labute approximate surface area is 71.2 Å². The number of aliphatic hydroxyl groups is 2. The summed E-state index contributed by atoms with van der Waals surface area (Å²) in [6.07, 6.45) is 1.21. The number of aliphatic hydroxyl groups excluding tert-OH is 1. The van der Waals surface area contributed by atoms with Crippen LogP contribution in [-0.2, 0) is 9.53 Å². The number of rotatable bonds is 1. The highest BCUT2D eigenvalue weighted by Gasteiger charge is 2.41. The fourth-order valence-corrected chi connectivity index (χ4v) is 1.60. The average molecular weight is 174 g/mol. The zero-order valence-electron chi connectivity index (χ0n) is 7.12. The molecule has 0 aromatic carbocycles. The maximum atomic E-state index is 11.1. The van der Waals surface area contributed by atoms with Crippen molar-refractivity contribution >= 4 is 5.97 Å². The number of methoxy groups -OCH3 is 1. The molecule has 0 aliphatic heterocycles. The zero-order chi connectivity index (χ0) is 9.19. The van der Waals surface area contributed by atoms with E-state index < -0.39 is 17.7 Å². The minimum absolute atomic E-state index is 0.0969. The molecule has 1 saturated carbocycles. The average Bonchev–Trinajstić information content (AvgIpc) is 2.02. The van der Waals surface area contributed by atoms with Crippen LogP contribution in [0.15, 0.2) is 0 Å². The van der Waals surface area contributed by atoms with E-state index in [0.717, 1.165) is 0 Å². The van der Waals surface area contributed by atoms with E-state index in [1.165, 1.54) is 7.11 Å². The van der Waals surface area contributed by atoms with Crippen LogP contribution in [0.1, 0.15) is 25.7 Å². The molecule has 1 fully saturated rings. The van der Waals surface area contributed by atoms with Gasteiger partial charge in [0.25, 0.3) is 0 Å². The highest BCUT2D eigenvalue weighted by molar-refractivity contribution is 5.79. The third-order valence-electron chi connectivity index (χ3n) is 2.27. The minimum atomic E-state index is -1.45. The summed E-state index contributed by atoms with van der Waals surface area (Å²) < 4.78 is 4.44. The number of carbonyl (C=O) groups excluding carboxylic acids is 1.